The highest BCUT2D eigenvalue weighted by Crippen LogP contribution is 2.45. The topological polar surface area (TPSA) is 81.3 Å². The predicted octanol–water partition coefficient (Wildman–Crippen LogP) is 3.63. The fourth-order valence-corrected chi connectivity index (χ4v) is 4.51. The van der Waals surface area contributed by atoms with E-state index in [1.165, 1.54) is 19.6 Å². The molecule has 2 aliphatic rings. The van der Waals surface area contributed by atoms with E-state index in [1.54, 1.807) is 24.5 Å². The Labute approximate surface area is 167 Å². The van der Waals surface area contributed by atoms with Gasteiger partial charge in [0.1, 0.15) is 17.9 Å². The van der Waals surface area contributed by atoms with E-state index in [-0.39, 0.29) is 0 Å². The lowest BCUT2D eigenvalue weighted by molar-refractivity contribution is -0.113. The normalized spacial score (nSPS) is 19.2. The predicted molar refractivity (Wildman–Crippen MR) is 108 cm³/mol. The van der Waals surface area contributed by atoms with Crippen LogP contribution in [0.5, 0.6) is 5.75 Å². The highest BCUT2D eigenvalue weighted by atomic mass is 19.1. The first-order valence-corrected chi connectivity index (χ1v) is 9.74. The van der Waals surface area contributed by atoms with E-state index in [1.807, 2.05) is 0 Å². The Balaban J connectivity index is 1.76. The number of nitrogen functional groups attached to an aromatic ring is 1. The monoisotopic (exact) mass is 392 g/mol. The number of methoxy groups -OCH3 is 1. The average molecular weight is 392 g/mol. The van der Waals surface area contributed by atoms with E-state index in [4.69, 9.17) is 15.5 Å². The molecule has 0 bridgehead atoms. The molecule has 1 atom stereocenters. The van der Waals surface area contributed by atoms with Crippen LogP contribution in [0.25, 0.3) is 22.0 Å². The molecule has 1 fully saturated rings. The van der Waals surface area contributed by atoms with Gasteiger partial charge < -0.3 is 15.3 Å². The van der Waals surface area contributed by atoms with Gasteiger partial charge in [0, 0.05) is 46.5 Å². The lowest BCUT2D eigenvalue weighted by Crippen LogP contribution is -2.39. The van der Waals surface area contributed by atoms with Crippen LogP contribution >= 0.6 is 0 Å². The van der Waals surface area contributed by atoms with Crippen LogP contribution in [0.4, 0.5) is 10.1 Å². The van der Waals surface area contributed by atoms with Crippen molar-refractivity contribution in [1.29, 1.82) is 0 Å². The second-order valence-electron chi connectivity index (χ2n) is 7.62. The number of carbonyl (C=O) groups is 1. The summed E-state index contributed by atoms with van der Waals surface area (Å²) < 4.78 is 20.4. The number of carbonyl (C=O) groups excluding carboxylic acids is 1. The lowest BCUT2D eigenvalue weighted by Gasteiger charge is -2.36. The van der Waals surface area contributed by atoms with E-state index in [0.29, 0.717) is 46.1 Å². The first-order valence-electron chi connectivity index (χ1n) is 9.74. The molecule has 2 aromatic heterocycles. The Hall–Kier alpha value is -3.06. The molecule has 7 heteroatoms. The molecule has 0 spiro atoms. The summed E-state index contributed by atoms with van der Waals surface area (Å²) in [7, 11) is 1.52. The summed E-state index contributed by atoms with van der Waals surface area (Å²) in [6, 6.07) is 4.71. The smallest absolute Gasteiger partial charge is 0.145 e. The maximum atomic E-state index is 15.0. The molecule has 0 saturated heterocycles. The van der Waals surface area contributed by atoms with Crippen LogP contribution in [0.3, 0.4) is 0 Å². The molecule has 0 amide bonds. The number of nitrogens with zero attached hydrogens (tertiary/aromatic N) is 3. The van der Waals surface area contributed by atoms with E-state index in [9.17, 15) is 9.18 Å². The summed E-state index contributed by atoms with van der Waals surface area (Å²) >= 11 is 0. The van der Waals surface area contributed by atoms with Gasteiger partial charge in [0.2, 0.25) is 0 Å². The van der Waals surface area contributed by atoms with Crippen LogP contribution in [0.1, 0.15) is 36.6 Å². The molecule has 1 aromatic carbocycles. The number of ether oxygens (including phenoxy) is 1. The number of aldehydes is 1. The molecule has 2 N–H and O–H groups in total. The van der Waals surface area contributed by atoms with Crippen molar-refractivity contribution in [3.63, 3.8) is 0 Å². The van der Waals surface area contributed by atoms with Crippen molar-refractivity contribution >= 4 is 22.9 Å². The summed E-state index contributed by atoms with van der Waals surface area (Å²) in [6.07, 6.45) is 7.41. The van der Waals surface area contributed by atoms with Crippen LogP contribution in [0.2, 0.25) is 0 Å². The zero-order chi connectivity index (χ0) is 20.1. The van der Waals surface area contributed by atoms with Crippen LogP contribution in [-0.2, 0) is 11.3 Å². The SMILES string of the molecule is COc1cnccc1-c1c(F)ccc2c(N)c3c(nc12)CN(C1CCC1)C3C=O. The molecule has 6 nitrogen and oxygen atoms in total. The van der Waals surface area contributed by atoms with Crippen LogP contribution < -0.4 is 10.5 Å². The van der Waals surface area contributed by atoms with Crippen molar-refractivity contribution in [2.45, 2.75) is 37.9 Å². The van der Waals surface area contributed by atoms with Gasteiger partial charge in [-0.25, -0.2) is 4.39 Å². The Morgan fingerprint density at radius 1 is 1.31 bits per heavy atom. The van der Waals surface area contributed by atoms with Gasteiger partial charge in [-0.3, -0.25) is 14.9 Å². The minimum absolute atomic E-state index is 0.334. The number of hydrogen-bond donors (Lipinski definition) is 1. The molecule has 1 aliphatic carbocycles. The summed E-state index contributed by atoms with van der Waals surface area (Å²) in [5.74, 6) is 0.0521. The molecule has 29 heavy (non-hydrogen) atoms. The van der Waals surface area contributed by atoms with Crippen LogP contribution in [-0.4, -0.2) is 34.3 Å². The number of halogens is 1. The van der Waals surface area contributed by atoms with Crippen LogP contribution in [0.15, 0.2) is 30.6 Å². The molecular weight excluding hydrogens is 371 g/mol. The number of anilines is 1. The molecular formula is C22H21FN4O2. The third-order valence-corrected chi connectivity index (χ3v) is 6.20. The molecule has 5 rings (SSSR count). The number of aromatic nitrogens is 2. The van der Waals surface area contributed by atoms with E-state index in [0.717, 1.165) is 30.4 Å². The average Bonchev–Trinajstić information content (AvgIpc) is 3.04. The zero-order valence-corrected chi connectivity index (χ0v) is 16.1. The Kier molecular flexibility index (Phi) is 4.20. The van der Waals surface area contributed by atoms with Gasteiger partial charge in [-0.2, -0.15) is 0 Å². The van der Waals surface area contributed by atoms with Gasteiger partial charge >= 0.3 is 0 Å². The largest absolute Gasteiger partial charge is 0.494 e. The Morgan fingerprint density at radius 3 is 2.83 bits per heavy atom. The third-order valence-electron chi connectivity index (χ3n) is 6.20. The highest BCUT2D eigenvalue weighted by Gasteiger charge is 2.40. The quantitative estimate of drug-likeness (QED) is 0.683. The van der Waals surface area contributed by atoms with Crippen molar-refractivity contribution in [3.8, 4) is 16.9 Å². The highest BCUT2D eigenvalue weighted by molar-refractivity contribution is 6.02. The lowest BCUT2D eigenvalue weighted by atomic mass is 9.90. The second kappa shape index (κ2) is 6.77. The third kappa shape index (κ3) is 2.61. The number of fused-ring (bicyclic) bond motifs is 2. The molecule has 3 heterocycles. The Bertz CT molecular complexity index is 1130. The first-order chi connectivity index (χ1) is 14.1. The summed E-state index contributed by atoms with van der Waals surface area (Å²) in [6.45, 7) is 0.549. The van der Waals surface area contributed by atoms with Crippen molar-refractivity contribution < 1.29 is 13.9 Å². The number of rotatable bonds is 4. The molecule has 1 unspecified atom stereocenters. The van der Waals surface area contributed by atoms with Crippen molar-refractivity contribution in [3.05, 3.63) is 47.7 Å². The first kappa shape index (κ1) is 18.0. The van der Waals surface area contributed by atoms with Crippen molar-refractivity contribution in [1.82, 2.24) is 14.9 Å². The molecule has 1 saturated carbocycles. The van der Waals surface area contributed by atoms with Crippen molar-refractivity contribution in [2.75, 3.05) is 12.8 Å². The standard InChI is InChI=1S/C22H21FN4O2/c1-29-18-9-25-8-7-13(18)19-15(23)6-5-14-21(24)20-16(26-22(14)19)10-27(17(20)11-28)12-3-2-4-12/h5-9,11-12,17H,2-4,10H2,1H3,(H2,24,26). The number of hydrogen-bond acceptors (Lipinski definition) is 6. The minimum atomic E-state index is -0.408. The van der Waals surface area contributed by atoms with Gasteiger partial charge in [-0.1, -0.05) is 6.42 Å². The molecule has 1 aliphatic heterocycles. The number of benzene rings is 1. The van der Waals surface area contributed by atoms with Gasteiger partial charge in [-0.15, -0.1) is 0 Å². The van der Waals surface area contributed by atoms with E-state index < -0.39 is 11.9 Å². The van der Waals surface area contributed by atoms with Gasteiger partial charge in [0.15, 0.2) is 0 Å². The van der Waals surface area contributed by atoms with Gasteiger partial charge in [0.05, 0.1) is 30.6 Å². The van der Waals surface area contributed by atoms with E-state index in [2.05, 4.69) is 9.88 Å². The number of nitrogens with two attached hydrogens (primary N) is 1. The maximum absolute atomic E-state index is 15.0. The number of pyridine rings is 2. The minimum Gasteiger partial charge on any atom is -0.494 e. The summed E-state index contributed by atoms with van der Waals surface area (Å²) in [5.41, 5.74) is 9.92. The molecule has 0 radical (unpaired) electrons. The second-order valence-corrected chi connectivity index (χ2v) is 7.62. The molecule has 148 valence electrons. The maximum Gasteiger partial charge on any atom is 0.145 e. The Morgan fingerprint density at radius 2 is 2.14 bits per heavy atom. The fourth-order valence-electron chi connectivity index (χ4n) is 4.51. The summed E-state index contributed by atoms with van der Waals surface area (Å²) in [4.78, 5) is 23.0. The van der Waals surface area contributed by atoms with Gasteiger partial charge in [-0.05, 0) is 31.0 Å². The molecule has 3 aromatic rings. The van der Waals surface area contributed by atoms with Crippen LogP contribution in [0, 0.1) is 5.82 Å². The summed E-state index contributed by atoms with van der Waals surface area (Å²) in [5, 5.41) is 0.640. The fraction of sp³-hybridized carbons (Fsp3) is 0.318. The van der Waals surface area contributed by atoms with Crippen molar-refractivity contribution in [2.24, 2.45) is 0 Å². The zero-order valence-electron chi connectivity index (χ0n) is 16.1. The van der Waals surface area contributed by atoms with E-state index >= 15 is 0 Å². The van der Waals surface area contributed by atoms with Gasteiger partial charge in [0.25, 0.3) is 0 Å².